The van der Waals surface area contributed by atoms with Crippen LogP contribution in [0, 0.1) is 0 Å². The minimum atomic E-state index is -0.588. The van der Waals surface area contributed by atoms with Crippen molar-refractivity contribution in [1.29, 1.82) is 0 Å². The Bertz CT molecular complexity index is 152. The molecule has 0 radical (unpaired) electrons. The van der Waals surface area contributed by atoms with Gasteiger partial charge < -0.3 is 10.5 Å². The Morgan fingerprint density at radius 3 is 2.70 bits per heavy atom. The summed E-state index contributed by atoms with van der Waals surface area (Å²) in [5.41, 5.74) is 5.13. The van der Waals surface area contributed by atoms with Crippen LogP contribution in [0.4, 0.5) is 4.79 Å². The molecular formula is C5H8N2O3. The third-order valence-corrected chi connectivity index (χ3v) is 1.19. The lowest BCUT2D eigenvalue weighted by atomic mass is 10.5. The molecule has 1 heterocycles. The summed E-state index contributed by atoms with van der Waals surface area (Å²) in [6.45, 7) is 0.386. The first kappa shape index (κ1) is 7.01. The van der Waals surface area contributed by atoms with Crippen LogP contribution in [-0.2, 0) is 9.53 Å². The van der Waals surface area contributed by atoms with Gasteiger partial charge >= 0.3 is 6.09 Å². The molecule has 2 N–H and O–H groups in total. The first-order valence-corrected chi connectivity index (χ1v) is 2.93. The zero-order valence-corrected chi connectivity index (χ0v) is 5.37. The van der Waals surface area contributed by atoms with Gasteiger partial charge in [0.1, 0.15) is 0 Å². The third kappa shape index (κ3) is 1.08. The van der Waals surface area contributed by atoms with Gasteiger partial charge in [0.2, 0.25) is 0 Å². The molecule has 5 nitrogen and oxygen atoms in total. The Kier molecular flexibility index (Phi) is 1.86. The van der Waals surface area contributed by atoms with Gasteiger partial charge in [-0.2, -0.15) is 0 Å². The fourth-order valence-electron chi connectivity index (χ4n) is 0.726. The molecule has 1 aliphatic rings. The van der Waals surface area contributed by atoms with Crippen molar-refractivity contribution in [2.24, 2.45) is 5.73 Å². The maximum atomic E-state index is 10.7. The van der Waals surface area contributed by atoms with Gasteiger partial charge in [0, 0.05) is 13.1 Å². The van der Waals surface area contributed by atoms with Crippen molar-refractivity contribution in [2.45, 2.75) is 0 Å². The van der Waals surface area contributed by atoms with Crippen molar-refractivity contribution >= 4 is 12.0 Å². The van der Waals surface area contributed by atoms with Crippen LogP contribution < -0.4 is 5.73 Å². The number of nitrogens with two attached hydrogens (primary N) is 1. The second kappa shape index (κ2) is 2.66. The van der Waals surface area contributed by atoms with Crippen molar-refractivity contribution in [2.75, 3.05) is 19.7 Å². The summed E-state index contributed by atoms with van der Waals surface area (Å²) >= 11 is 0. The van der Waals surface area contributed by atoms with Crippen molar-refractivity contribution in [1.82, 2.24) is 4.90 Å². The van der Waals surface area contributed by atoms with Crippen LogP contribution in [0.3, 0.4) is 0 Å². The minimum absolute atomic E-state index is 0.140. The predicted octanol–water partition coefficient (Wildman–Crippen LogP) is -1.08. The molecular weight excluding hydrogens is 136 g/mol. The van der Waals surface area contributed by atoms with Crippen molar-refractivity contribution in [3.63, 3.8) is 0 Å². The Labute approximate surface area is 57.7 Å². The normalized spacial score (nSPS) is 17.9. The summed E-state index contributed by atoms with van der Waals surface area (Å²) in [6.07, 6.45) is -0.588. The molecule has 0 unspecified atom stereocenters. The van der Waals surface area contributed by atoms with E-state index in [0.29, 0.717) is 0 Å². The van der Waals surface area contributed by atoms with Crippen molar-refractivity contribution < 1.29 is 14.3 Å². The van der Waals surface area contributed by atoms with E-state index in [2.05, 4.69) is 4.74 Å². The Hall–Kier alpha value is -1.10. The number of nitrogens with zero attached hydrogens (tertiary/aromatic N) is 1. The van der Waals surface area contributed by atoms with E-state index in [-0.39, 0.29) is 25.6 Å². The number of imide groups is 1. The number of hydrogen-bond donors (Lipinski definition) is 1. The van der Waals surface area contributed by atoms with Crippen LogP contribution in [0.1, 0.15) is 0 Å². The van der Waals surface area contributed by atoms with Gasteiger partial charge in [0.05, 0.1) is 0 Å². The van der Waals surface area contributed by atoms with E-state index in [4.69, 9.17) is 5.73 Å². The van der Waals surface area contributed by atoms with E-state index in [1.807, 2.05) is 0 Å². The molecule has 10 heavy (non-hydrogen) atoms. The molecule has 56 valence electrons. The number of amides is 2. The fourth-order valence-corrected chi connectivity index (χ4v) is 0.726. The zero-order valence-electron chi connectivity index (χ0n) is 5.37. The molecule has 1 aliphatic heterocycles. The quantitative estimate of drug-likeness (QED) is 0.535. The summed E-state index contributed by atoms with van der Waals surface area (Å²) in [4.78, 5) is 22.3. The average molecular weight is 144 g/mol. The zero-order chi connectivity index (χ0) is 7.56. The average Bonchev–Trinajstić information content (AvgIpc) is 2.20. The lowest BCUT2D eigenvalue weighted by Gasteiger charge is -2.06. The molecule has 0 spiro atoms. The van der Waals surface area contributed by atoms with Crippen molar-refractivity contribution in [3.8, 4) is 0 Å². The van der Waals surface area contributed by atoms with Crippen LogP contribution in [-0.4, -0.2) is 36.6 Å². The molecule has 2 amide bonds. The Balaban J connectivity index is 2.54. The van der Waals surface area contributed by atoms with Crippen LogP contribution in [0.25, 0.3) is 0 Å². The van der Waals surface area contributed by atoms with Gasteiger partial charge in [0.25, 0.3) is 5.91 Å². The number of carbonyl (C=O) groups is 2. The Morgan fingerprint density at radius 2 is 2.30 bits per heavy atom. The SMILES string of the molecule is NCCN1C(=O)COC1=O. The Morgan fingerprint density at radius 1 is 1.60 bits per heavy atom. The number of hydrogen-bond acceptors (Lipinski definition) is 4. The van der Waals surface area contributed by atoms with E-state index in [1.54, 1.807) is 0 Å². The molecule has 1 fully saturated rings. The topological polar surface area (TPSA) is 72.6 Å². The molecule has 0 saturated carbocycles. The monoisotopic (exact) mass is 144 g/mol. The lowest BCUT2D eigenvalue weighted by Crippen LogP contribution is -2.33. The first-order chi connectivity index (χ1) is 4.75. The van der Waals surface area contributed by atoms with Crippen LogP contribution in [0.2, 0.25) is 0 Å². The van der Waals surface area contributed by atoms with Crippen molar-refractivity contribution in [3.05, 3.63) is 0 Å². The fraction of sp³-hybridized carbons (Fsp3) is 0.600. The predicted molar refractivity (Wildman–Crippen MR) is 32.1 cm³/mol. The van der Waals surface area contributed by atoms with E-state index in [1.165, 1.54) is 0 Å². The van der Waals surface area contributed by atoms with E-state index < -0.39 is 6.09 Å². The van der Waals surface area contributed by atoms with E-state index in [0.717, 1.165) is 4.90 Å². The standard InChI is InChI=1S/C5H8N2O3/c6-1-2-7-4(8)3-10-5(7)9/h1-3,6H2. The van der Waals surface area contributed by atoms with Gasteiger partial charge in [-0.25, -0.2) is 9.69 Å². The van der Waals surface area contributed by atoms with Gasteiger partial charge in [-0.1, -0.05) is 0 Å². The molecule has 5 heteroatoms. The molecule has 0 aliphatic carbocycles. The summed E-state index contributed by atoms with van der Waals surface area (Å²) in [7, 11) is 0. The van der Waals surface area contributed by atoms with Crippen LogP contribution >= 0.6 is 0 Å². The molecule has 0 aromatic carbocycles. The molecule has 0 atom stereocenters. The highest BCUT2D eigenvalue weighted by Crippen LogP contribution is 2.02. The first-order valence-electron chi connectivity index (χ1n) is 2.93. The molecule has 1 saturated heterocycles. The highest BCUT2D eigenvalue weighted by atomic mass is 16.6. The number of carbonyl (C=O) groups excluding carboxylic acids is 2. The van der Waals surface area contributed by atoms with Crippen LogP contribution in [0.15, 0.2) is 0 Å². The second-order valence-corrected chi connectivity index (χ2v) is 1.89. The highest BCUT2D eigenvalue weighted by Gasteiger charge is 2.29. The third-order valence-electron chi connectivity index (χ3n) is 1.19. The van der Waals surface area contributed by atoms with E-state index in [9.17, 15) is 9.59 Å². The van der Waals surface area contributed by atoms with Gasteiger partial charge in [0.15, 0.2) is 6.61 Å². The maximum absolute atomic E-state index is 10.7. The van der Waals surface area contributed by atoms with E-state index >= 15 is 0 Å². The number of rotatable bonds is 2. The van der Waals surface area contributed by atoms with Gasteiger partial charge in [-0.15, -0.1) is 0 Å². The van der Waals surface area contributed by atoms with Gasteiger partial charge in [-0.3, -0.25) is 4.79 Å². The smallest absolute Gasteiger partial charge is 0.417 e. The largest absolute Gasteiger partial charge is 0.439 e. The summed E-state index contributed by atoms with van der Waals surface area (Å²) in [6, 6.07) is 0. The summed E-state index contributed by atoms with van der Waals surface area (Å²) < 4.78 is 4.41. The highest BCUT2D eigenvalue weighted by molar-refractivity contribution is 5.97. The summed E-state index contributed by atoms with van der Waals surface area (Å²) in [5, 5.41) is 0. The van der Waals surface area contributed by atoms with Crippen LogP contribution in [0.5, 0.6) is 0 Å². The lowest BCUT2D eigenvalue weighted by molar-refractivity contribution is -0.125. The number of cyclic esters (lactones) is 1. The number of ether oxygens (including phenoxy) is 1. The second-order valence-electron chi connectivity index (χ2n) is 1.89. The maximum Gasteiger partial charge on any atom is 0.417 e. The van der Waals surface area contributed by atoms with Gasteiger partial charge in [-0.05, 0) is 0 Å². The molecule has 0 bridgehead atoms. The molecule has 0 aromatic heterocycles. The summed E-state index contributed by atoms with van der Waals surface area (Å²) in [5.74, 6) is -0.310. The molecule has 1 rings (SSSR count). The molecule has 0 aromatic rings. The minimum Gasteiger partial charge on any atom is -0.439 e.